The molecule has 0 fully saturated rings. The van der Waals surface area contributed by atoms with Crippen LogP contribution in [0.5, 0.6) is 0 Å². The molecule has 0 aliphatic heterocycles. The summed E-state index contributed by atoms with van der Waals surface area (Å²) < 4.78 is 11.7. The number of allylic oxidation sites excluding steroid dienone is 3. The normalized spacial score (nSPS) is 12.2. The molecule has 0 saturated heterocycles. The zero-order valence-electron chi connectivity index (χ0n) is 18.6. The fraction of sp³-hybridized carbons (Fsp3) is 0.357. The Morgan fingerprint density at radius 3 is 1.97 bits per heavy atom. The summed E-state index contributed by atoms with van der Waals surface area (Å²) >= 11 is 0. The Labute approximate surface area is 182 Å². The molecule has 0 amide bonds. The summed E-state index contributed by atoms with van der Waals surface area (Å²) in [7, 11) is 0. The first-order valence-corrected chi connectivity index (χ1v) is 10.9. The minimum Gasteiger partial charge on any atom is -0.376 e. The minimum atomic E-state index is 0.663. The van der Waals surface area contributed by atoms with Crippen molar-refractivity contribution < 1.29 is 9.47 Å². The maximum Gasteiger partial charge on any atom is 0.0717 e. The Balaban J connectivity index is 1.80. The zero-order chi connectivity index (χ0) is 21.4. The highest BCUT2D eigenvalue weighted by molar-refractivity contribution is 5.26. The largest absolute Gasteiger partial charge is 0.376 e. The molecular weight excluding hydrogens is 368 g/mol. The Morgan fingerprint density at radius 1 is 0.867 bits per heavy atom. The fourth-order valence-corrected chi connectivity index (χ4v) is 3.23. The van der Waals surface area contributed by atoms with Gasteiger partial charge in [-0.2, -0.15) is 0 Å². The third kappa shape index (κ3) is 10.4. The fourth-order valence-electron chi connectivity index (χ4n) is 3.23. The van der Waals surface area contributed by atoms with E-state index in [2.05, 4.69) is 56.8 Å². The maximum atomic E-state index is 5.89. The van der Waals surface area contributed by atoms with Crippen molar-refractivity contribution in [2.24, 2.45) is 0 Å². The van der Waals surface area contributed by atoms with Crippen molar-refractivity contribution in [1.29, 1.82) is 0 Å². The lowest BCUT2D eigenvalue weighted by Gasteiger charge is -2.10. The molecule has 0 aromatic heterocycles. The van der Waals surface area contributed by atoms with Gasteiger partial charge in [-0.05, 0) is 43.7 Å². The average Bonchev–Trinajstić information content (AvgIpc) is 2.76. The predicted octanol–water partition coefficient (Wildman–Crippen LogP) is 7.43. The number of benzene rings is 2. The quantitative estimate of drug-likeness (QED) is 0.185. The summed E-state index contributed by atoms with van der Waals surface area (Å²) in [4.78, 5) is 0. The Hall–Kier alpha value is -2.42. The van der Waals surface area contributed by atoms with Crippen LogP contribution in [0.15, 0.2) is 96.1 Å². The average molecular weight is 405 g/mol. The van der Waals surface area contributed by atoms with Crippen LogP contribution in [0, 0.1) is 0 Å². The minimum absolute atomic E-state index is 0.663. The first-order valence-electron chi connectivity index (χ1n) is 10.9. The van der Waals surface area contributed by atoms with Gasteiger partial charge in [-0.25, -0.2) is 0 Å². The van der Waals surface area contributed by atoms with Crippen molar-refractivity contribution in [3.05, 3.63) is 107 Å². The van der Waals surface area contributed by atoms with Gasteiger partial charge < -0.3 is 9.47 Å². The molecule has 0 atom stereocenters. The van der Waals surface area contributed by atoms with E-state index in [1.807, 2.05) is 36.4 Å². The van der Waals surface area contributed by atoms with Gasteiger partial charge in [0.1, 0.15) is 0 Å². The topological polar surface area (TPSA) is 18.5 Å². The van der Waals surface area contributed by atoms with E-state index in [1.165, 1.54) is 27.8 Å². The SMILES string of the molecule is C=C(C)C/C(=C\C(=C\CCOCc1ccccc1)CC)CCOCc1ccccc1. The van der Waals surface area contributed by atoms with E-state index in [1.54, 1.807) is 0 Å². The van der Waals surface area contributed by atoms with E-state index in [9.17, 15) is 0 Å². The van der Waals surface area contributed by atoms with Gasteiger partial charge in [-0.3, -0.25) is 0 Å². The third-order valence-electron chi connectivity index (χ3n) is 4.79. The van der Waals surface area contributed by atoms with Crippen LogP contribution in [0.2, 0.25) is 0 Å². The summed E-state index contributed by atoms with van der Waals surface area (Å²) in [6, 6.07) is 20.6. The summed E-state index contributed by atoms with van der Waals surface area (Å²) in [5.41, 5.74) is 6.36. The molecule has 160 valence electrons. The van der Waals surface area contributed by atoms with Gasteiger partial charge in [0.15, 0.2) is 0 Å². The second-order valence-corrected chi connectivity index (χ2v) is 7.68. The lowest BCUT2D eigenvalue weighted by Crippen LogP contribution is -1.99. The molecule has 0 radical (unpaired) electrons. The van der Waals surface area contributed by atoms with Crippen LogP contribution >= 0.6 is 0 Å². The van der Waals surface area contributed by atoms with Crippen LogP contribution in [-0.2, 0) is 22.7 Å². The molecule has 0 spiro atoms. The zero-order valence-corrected chi connectivity index (χ0v) is 18.6. The molecule has 30 heavy (non-hydrogen) atoms. The number of hydrogen-bond donors (Lipinski definition) is 0. The number of hydrogen-bond acceptors (Lipinski definition) is 2. The molecule has 2 aromatic carbocycles. The van der Waals surface area contributed by atoms with Gasteiger partial charge in [-0.15, -0.1) is 0 Å². The molecule has 0 aliphatic rings. The summed E-state index contributed by atoms with van der Waals surface area (Å²) in [5, 5.41) is 0. The Kier molecular flexibility index (Phi) is 11.6. The lowest BCUT2D eigenvalue weighted by molar-refractivity contribution is 0.123. The van der Waals surface area contributed by atoms with Crippen LogP contribution in [0.3, 0.4) is 0 Å². The van der Waals surface area contributed by atoms with E-state index < -0.39 is 0 Å². The van der Waals surface area contributed by atoms with E-state index >= 15 is 0 Å². The van der Waals surface area contributed by atoms with E-state index in [0.717, 1.165) is 38.9 Å². The van der Waals surface area contributed by atoms with Crippen molar-refractivity contribution in [2.45, 2.75) is 52.7 Å². The van der Waals surface area contributed by atoms with Crippen LogP contribution in [0.1, 0.15) is 50.7 Å². The van der Waals surface area contributed by atoms with E-state index in [0.29, 0.717) is 13.2 Å². The molecule has 0 aliphatic carbocycles. The van der Waals surface area contributed by atoms with Gasteiger partial charge in [-0.1, -0.05) is 103 Å². The molecule has 0 saturated carbocycles. The van der Waals surface area contributed by atoms with Gasteiger partial charge in [0.05, 0.1) is 26.4 Å². The second kappa shape index (κ2) is 14.5. The summed E-state index contributed by atoms with van der Waals surface area (Å²) in [6.07, 6.45) is 8.44. The third-order valence-corrected chi connectivity index (χ3v) is 4.79. The highest BCUT2D eigenvalue weighted by Crippen LogP contribution is 2.18. The van der Waals surface area contributed by atoms with Crippen LogP contribution in [0.4, 0.5) is 0 Å². The van der Waals surface area contributed by atoms with E-state index in [4.69, 9.17) is 9.47 Å². The molecule has 2 nitrogen and oxygen atoms in total. The van der Waals surface area contributed by atoms with Crippen molar-refractivity contribution in [1.82, 2.24) is 0 Å². The lowest BCUT2D eigenvalue weighted by atomic mass is 10.0. The van der Waals surface area contributed by atoms with Crippen LogP contribution < -0.4 is 0 Å². The van der Waals surface area contributed by atoms with Gasteiger partial charge >= 0.3 is 0 Å². The molecule has 0 bridgehead atoms. The standard InChI is InChI=1S/C28H36O2/c1-4-25(16-11-18-29-22-26-12-7-5-8-13-26)21-28(20-24(2)3)17-19-30-23-27-14-9-6-10-15-27/h5-10,12-16,21H,2,4,11,17-20,22-23H2,1,3H3/b25-16+,28-21-. The maximum absolute atomic E-state index is 5.89. The molecule has 0 unspecified atom stereocenters. The molecule has 2 aromatic rings. The molecular formula is C28H36O2. The van der Waals surface area contributed by atoms with Gasteiger partial charge in [0.25, 0.3) is 0 Å². The van der Waals surface area contributed by atoms with Crippen molar-refractivity contribution in [3.63, 3.8) is 0 Å². The summed E-state index contributed by atoms with van der Waals surface area (Å²) in [6.45, 7) is 11.2. The highest BCUT2D eigenvalue weighted by atomic mass is 16.5. The van der Waals surface area contributed by atoms with Gasteiger partial charge in [0.2, 0.25) is 0 Å². The Bertz CT molecular complexity index is 788. The Morgan fingerprint density at radius 2 is 1.43 bits per heavy atom. The monoisotopic (exact) mass is 404 g/mol. The second-order valence-electron chi connectivity index (χ2n) is 7.68. The first-order chi connectivity index (χ1) is 14.7. The molecule has 2 rings (SSSR count). The van der Waals surface area contributed by atoms with E-state index in [-0.39, 0.29) is 0 Å². The van der Waals surface area contributed by atoms with Crippen molar-refractivity contribution in [3.8, 4) is 0 Å². The number of ether oxygens (including phenoxy) is 2. The molecule has 0 heterocycles. The van der Waals surface area contributed by atoms with Crippen molar-refractivity contribution >= 4 is 0 Å². The molecule has 0 N–H and O–H groups in total. The van der Waals surface area contributed by atoms with Crippen molar-refractivity contribution in [2.75, 3.05) is 13.2 Å². The predicted molar refractivity (Wildman–Crippen MR) is 127 cm³/mol. The summed E-state index contributed by atoms with van der Waals surface area (Å²) in [5.74, 6) is 0. The molecule has 2 heteroatoms. The van der Waals surface area contributed by atoms with Crippen LogP contribution in [0.25, 0.3) is 0 Å². The van der Waals surface area contributed by atoms with Crippen LogP contribution in [-0.4, -0.2) is 13.2 Å². The highest BCUT2D eigenvalue weighted by Gasteiger charge is 2.02. The first kappa shape index (κ1) is 23.9. The smallest absolute Gasteiger partial charge is 0.0717 e. The van der Waals surface area contributed by atoms with Gasteiger partial charge in [0, 0.05) is 0 Å². The number of rotatable bonds is 14.